The van der Waals surface area contributed by atoms with Crippen molar-refractivity contribution in [2.45, 2.75) is 13.8 Å². The van der Waals surface area contributed by atoms with Gasteiger partial charge in [0.05, 0.1) is 0 Å². The second kappa shape index (κ2) is 2.50. The maximum atomic E-state index is 5.82. The minimum absolute atomic E-state index is 0.687. The number of hydrogen-bond acceptors (Lipinski definition) is 0. The summed E-state index contributed by atoms with van der Waals surface area (Å²) in [4.78, 5) is 0. The fourth-order valence-electron chi connectivity index (χ4n) is 0.224. The first-order valence-corrected chi connectivity index (χ1v) is 7.88. The summed E-state index contributed by atoms with van der Waals surface area (Å²) in [7, 11) is 0. The molecule has 0 aromatic rings. The summed E-state index contributed by atoms with van der Waals surface area (Å²) in [5.41, 5.74) is 0. The zero-order chi connectivity index (χ0) is 6.86. The van der Waals surface area contributed by atoms with E-state index in [2.05, 4.69) is 0 Å². The van der Waals surface area contributed by atoms with Crippen molar-refractivity contribution < 1.29 is 0 Å². The van der Waals surface area contributed by atoms with Crippen LogP contribution in [0.2, 0.25) is 0 Å². The van der Waals surface area contributed by atoms with Crippen LogP contribution in [0.4, 0.5) is 0 Å². The molecule has 0 unspecified atom stereocenters. The van der Waals surface area contributed by atoms with Gasteiger partial charge in [-0.2, -0.15) is 0 Å². The van der Waals surface area contributed by atoms with Gasteiger partial charge in [0.15, 0.2) is 0 Å². The Morgan fingerprint density at radius 1 is 1.00 bits per heavy atom. The van der Waals surface area contributed by atoms with Gasteiger partial charge in [-0.15, -0.1) is 0 Å². The van der Waals surface area contributed by atoms with Crippen LogP contribution < -0.4 is 0 Å². The van der Waals surface area contributed by atoms with Gasteiger partial charge in [-0.05, 0) is 0 Å². The first-order chi connectivity index (χ1) is 3.39. The average molecular weight is 195 g/mol. The molecule has 0 N–H and O–H groups in total. The molecule has 8 heavy (non-hydrogen) atoms. The number of halogens is 3. The quantitative estimate of drug-likeness (QED) is 0.583. The molecule has 0 aromatic carbocycles. The Kier molecular flexibility index (Phi) is 2.91. The molecule has 52 valence electrons. The first-order valence-electron chi connectivity index (χ1n) is 2.55. The molecular formula is C4H10Cl3P. The fourth-order valence-corrected chi connectivity index (χ4v) is 0.671. The van der Waals surface area contributed by atoms with Crippen molar-refractivity contribution in [3.05, 3.63) is 0 Å². The predicted molar refractivity (Wildman–Crippen MR) is 45.6 cm³/mol. The number of rotatable bonds is 2. The van der Waals surface area contributed by atoms with Crippen LogP contribution in [0.15, 0.2) is 0 Å². The van der Waals surface area contributed by atoms with Crippen LogP contribution in [0, 0.1) is 0 Å². The van der Waals surface area contributed by atoms with E-state index in [1.54, 1.807) is 0 Å². The third-order valence-electron chi connectivity index (χ3n) is 1.16. The monoisotopic (exact) mass is 194 g/mol. The molecule has 0 spiro atoms. The Morgan fingerprint density at radius 2 is 1.25 bits per heavy atom. The molecule has 0 fully saturated rings. The van der Waals surface area contributed by atoms with E-state index in [0.29, 0.717) is 12.3 Å². The Labute approximate surface area is 64.8 Å². The average Bonchev–Trinajstić information content (AvgIpc) is 1.68. The predicted octanol–water partition coefficient (Wildman–Crippen LogP) is 4.04. The minimum atomic E-state index is -2.68. The zero-order valence-corrected chi connectivity index (χ0v) is 8.16. The molecule has 0 atom stereocenters. The molecule has 4 heteroatoms. The van der Waals surface area contributed by atoms with Crippen LogP contribution in [0.1, 0.15) is 13.8 Å². The molecule has 0 rings (SSSR count). The molecule has 0 heterocycles. The molecule has 0 saturated heterocycles. The molecule has 0 aromatic heterocycles. The van der Waals surface area contributed by atoms with Crippen LogP contribution >= 0.6 is 38.4 Å². The first kappa shape index (κ1) is 9.30. The molecule has 0 nitrogen and oxygen atoms in total. The molecule has 0 bridgehead atoms. The summed E-state index contributed by atoms with van der Waals surface area (Å²) in [5.74, 6) is 0. The van der Waals surface area contributed by atoms with Gasteiger partial charge in [0.2, 0.25) is 0 Å². The molecule has 0 saturated carbocycles. The van der Waals surface area contributed by atoms with E-state index in [1.807, 2.05) is 13.8 Å². The molecular weight excluding hydrogens is 185 g/mol. The summed E-state index contributed by atoms with van der Waals surface area (Å²) in [6.07, 6.45) is 1.37. The Bertz CT molecular complexity index is 75.0. The van der Waals surface area contributed by atoms with Gasteiger partial charge in [0.25, 0.3) is 0 Å². The van der Waals surface area contributed by atoms with E-state index in [-0.39, 0.29) is 0 Å². The molecule has 0 aliphatic heterocycles. The van der Waals surface area contributed by atoms with Gasteiger partial charge in [-0.25, -0.2) is 0 Å². The van der Waals surface area contributed by atoms with Crippen molar-refractivity contribution in [1.29, 1.82) is 0 Å². The van der Waals surface area contributed by atoms with Crippen molar-refractivity contribution in [3.8, 4) is 0 Å². The van der Waals surface area contributed by atoms with E-state index < -0.39 is 4.66 Å². The summed E-state index contributed by atoms with van der Waals surface area (Å²) in [6.45, 7) is 3.82. The van der Waals surface area contributed by atoms with Crippen LogP contribution in [0.3, 0.4) is 0 Å². The summed E-state index contributed by atoms with van der Waals surface area (Å²) in [5, 5.41) is 0. The van der Waals surface area contributed by atoms with Gasteiger partial charge in [0.1, 0.15) is 0 Å². The topological polar surface area (TPSA) is 0 Å². The van der Waals surface area contributed by atoms with E-state index in [9.17, 15) is 0 Å². The van der Waals surface area contributed by atoms with E-state index >= 15 is 0 Å². The molecule has 0 aliphatic carbocycles. The van der Waals surface area contributed by atoms with Gasteiger partial charge in [0, 0.05) is 0 Å². The van der Waals surface area contributed by atoms with Crippen molar-refractivity contribution >= 4 is 38.4 Å². The maximum absolute atomic E-state index is 5.82. The Balaban J connectivity index is 3.99. The normalized spacial score (nSPS) is 17.4. The fraction of sp³-hybridized carbons (Fsp3) is 1.00. The van der Waals surface area contributed by atoms with E-state index in [0.717, 1.165) is 0 Å². The second-order valence-corrected chi connectivity index (χ2v) is 14.2. The van der Waals surface area contributed by atoms with Gasteiger partial charge < -0.3 is 0 Å². The van der Waals surface area contributed by atoms with Crippen LogP contribution in [-0.4, -0.2) is 12.3 Å². The Hall–Kier alpha value is 1.30. The molecule has 0 aliphatic rings. The van der Waals surface area contributed by atoms with Crippen molar-refractivity contribution in [1.82, 2.24) is 0 Å². The standard InChI is InChI=1S/C4H10Cl3P/c1-3-8(5,6,7)4-2/h3-4H2,1-2H3. The van der Waals surface area contributed by atoms with Gasteiger partial charge in [-0.3, -0.25) is 0 Å². The number of hydrogen-bond donors (Lipinski definition) is 0. The van der Waals surface area contributed by atoms with Crippen molar-refractivity contribution in [2.75, 3.05) is 12.3 Å². The third-order valence-corrected chi connectivity index (χ3v) is 7.80. The third kappa shape index (κ3) is 3.35. The van der Waals surface area contributed by atoms with Gasteiger partial charge >= 0.3 is 64.6 Å². The van der Waals surface area contributed by atoms with Crippen LogP contribution in [-0.2, 0) is 0 Å². The van der Waals surface area contributed by atoms with Crippen LogP contribution in [0.25, 0.3) is 0 Å². The summed E-state index contributed by atoms with van der Waals surface area (Å²) >= 11 is 17.5. The Morgan fingerprint density at radius 3 is 1.25 bits per heavy atom. The molecule has 0 radical (unpaired) electrons. The molecule has 0 amide bonds. The SMILES string of the molecule is CCP(Cl)(Cl)(Cl)CC. The van der Waals surface area contributed by atoms with Crippen molar-refractivity contribution in [3.63, 3.8) is 0 Å². The van der Waals surface area contributed by atoms with Crippen molar-refractivity contribution in [2.24, 2.45) is 0 Å². The summed E-state index contributed by atoms with van der Waals surface area (Å²) in [6, 6.07) is 0. The second-order valence-electron chi connectivity index (χ2n) is 1.76. The van der Waals surface area contributed by atoms with Gasteiger partial charge in [-0.1, -0.05) is 0 Å². The van der Waals surface area contributed by atoms with E-state index in [1.165, 1.54) is 0 Å². The van der Waals surface area contributed by atoms with E-state index in [4.69, 9.17) is 33.7 Å². The summed E-state index contributed by atoms with van der Waals surface area (Å²) < 4.78 is -2.68. The van der Waals surface area contributed by atoms with Crippen LogP contribution in [0.5, 0.6) is 0 Å². The zero-order valence-electron chi connectivity index (χ0n) is 5.00.